The molecule has 1 aromatic carbocycles. The summed E-state index contributed by atoms with van der Waals surface area (Å²) in [6.45, 7) is 2.20. The highest BCUT2D eigenvalue weighted by Gasteiger charge is 2.49. The largest absolute Gasteiger partial charge is 0.394 e. The van der Waals surface area contributed by atoms with E-state index in [2.05, 4.69) is 48.6 Å². The highest BCUT2D eigenvalue weighted by atomic mass is 16.3. The third kappa shape index (κ3) is 4.69. The van der Waals surface area contributed by atoms with Crippen LogP contribution >= 0.6 is 0 Å². The summed E-state index contributed by atoms with van der Waals surface area (Å²) in [7, 11) is 0. The van der Waals surface area contributed by atoms with E-state index in [1.165, 1.54) is 50.5 Å². The Morgan fingerprint density at radius 3 is 2.57 bits per heavy atom. The molecule has 0 unspecified atom stereocenters. The van der Waals surface area contributed by atoms with E-state index in [9.17, 15) is 5.11 Å². The third-order valence-electron chi connectivity index (χ3n) is 7.62. The molecule has 3 aliphatic rings. The van der Waals surface area contributed by atoms with E-state index in [4.69, 9.17) is 5.11 Å². The molecule has 1 spiro atoms. The normalized spacial score (nSPS) is 36.2. The van der Waals surface area contributed by atoms with Gasteiger partial charge in [0.25, 0.3) is 0 Å². The number of hydrogen-bond acceptors (Lipinski definition) is 3. The topological polar surface area (TPSA) is 52.5 Å². The maximum atomic E-state index is 9.68. The molecular weight excluding hydrogens is 346 g/mol. The molecule has 4 rings (SSSR count). The maximum absolute atomic E-state index is 9.68. The van der Waals surface area contributed by atoms with Crippen molar-refractivity contribution in [2.24, 2.45) is 17.3 Å². The first-order valence-electron chi connectivity index (χ1n) is 11.4. The van der Waals surface area contributed by atoms with Crippen molar-refractivity contribution in [1.82, 2.24) is 5.32 Å². The Balaban J connectivity index is 1.21. The minimum Gasteiger partial charge on any atom is -0.394 e. The fourth-order valence-electron chi connectivity index (χ4n) is 5.82. The van der Waals surface area contributed by atoms with Crippen molar-refractivity contribution >= 4 is 6.08 Å². The molecule has 0 radical (unpaired) electrons. The first-order chi connectivity index (χ1) is 13.6. The van der Waals surface area contributed by atoms with Crippen LogP contribution in [-0.2, 0) is 0 Å². The molecule has 3 saturated carbocycles. The Bertz CT molecular complexity index is 654. The second-order valence-corrected chi connectivity index (χ2v) is 9.72. The Morgan fingerprint density at radius 1 is 1.21 bits per heavy atom. The minimum absolute atomic E-state index is 0.0886. The lowest BCUT2D eigenvalue weighted by atomic mass is 9.56. The van der Waals surface area contributed by atoms with Gasteiger partial charge in [-0.1, -0.05) is 48.9 Å². The van der Waals surface area contributed by atoms with Gasteiger partial charge in [-0.05, 0) is 80.6 Å². The number of rotatable bonds is 8. The van der Waals surface area contributed by atoms with E-state index in [0.29, 0.717) is 23.4 Å². The number of nitrogens with one attached hydrogen (secondary N) is 1. The molecule has 28 heavy (non-hydrogen) atoms. The van der Waals surface area contributed by atoms with E-state index in [1.54, 1.807) is 5.57 Å². The minimum atomic E-state index is -0.515. The summed E-state index contributed by atoms with van der Waals surface area (Å²) in [5.41, 5.74) is 3.51. The van der Waals surface area contributed by atoms with Gasteiger partial charge in [-0.15, -0.1) is 0 Å². The Morgan fingerprint density at radius 2 is 1.93 bits per heavy atom. The molecule has 0 aromatic heterocycles. The molecule has 0 amide bonds. The van der Waals surface area contributed by atoms with Crippen molar-refractivity contribution < 1.29 is 10.2 Å². The first kappa shape index (κ1) is 20.1. The van der Waals surface area contributed by atoms with Crippen LogP contribution < -0.4 is 5.32 Å². The summed E-state index contributed by atoms with van der Waals surface area (Å²) < 4.78 is 0. The van der Waals surface area contributed by atoms with E-state index < -0.39 is 6.10 Å². The Hall–Kier alpha value is -1.16. The summed E-state index contributed by atoms with van der Waals surface area (Å²) in [6, 6.07) is 12.1. The SMILES string of the molecule is CC/C(=C\c1ccccc1)[C@@H]1C[C@H]1NC1CC2(CCC(C[C@H](O)CO)CC2)C1. The average Bonchev–Trinajstić information content (AvgIpc) is 3.46. The average molecular weight is 384 g/mol. The van der Waals surface area contributed by atoms with Crippen LogP contribution in [0.25, 0.3) is 6.08 Å². The molecule has 0 heterocycles. The molecule has 1 aromatic rings. The second kappa shape index (κ2) is 8.69. The van der Waals surface area contributed by atoms with E-state index in [0.717, 1.165) is 18.8 Å². The van der Waals surface area contributed by atoms with Gasteiger partial charge in [-0.2, -0.15) is 0 Å². The molecule has 0 bridgehead atoms. The van der Waals surface area contributed by atoms with Gasteiger partial charge < -0.3 is 15.5 Å². The van der Waals surface area contributed by atoms with Gasteiger partial charge in [-0.25, -0.2) is 0 Å². The van der Waals surface area contributed by atoms with Crippen molar-refractivity contribution in [3.63, 3.8) is 0 Å². The summed E-state index contributed by atoms with van der Waals surface area (Å²) in [6.07, 6.45) is 12.9. The predicted octanol–water partition coefficient (Wildman–Crippen LogP) is 4.54. The third-order valence-corrected chi connectivity index (χ3v) is 7.62. The lowest BCUT2D eigenvalue weighted by Crippen LogP contribution is -2.51. The molecule has 0 saturated heterocycles. The summed E-state index contributed by atoms with van der Waals surface area (Å²) in [5.74, 6) is 1.35. The monoisotopic (exact) mass is 383 g/mol. The fourth-order valence-corrected chi connectivity index (χ4v) is 5.82. The molecule has 3 fully saturated rings. The molecular formula is C25H37NO2. The first-order valence-corrected chi connectivity index (χ1v) is 11.4. The van der Waals surface area contributed by atoms with Gasteiger partial charge >= 0.3 is 0 Å². The zero-order valence-electron chi connectivity index (χ0n) is 17.3. The quantitative estimate of drug-likeness (QED) is 0.618. The van der Waals surface area contributed by atoms with Crippen LogP contribution in [0.5, 0.6) is 0 Å². The van der Waals surface area contributed by atoms with Crippen LogP contribution in [0.1, 0.15) is 70.3 Å². The lowest BCUT2D eigenvalue weighted by Gasteiger charge is -2.52. The van der Waals surface area contributed by atoms with Gasteiger partial charge in [-0.3, -0.25) is 0 Å². The standard InChI is InChI=1S/C25H37NO2/c1-2-20(12-18-6-4-3-5-7-18)23-14-24(23)26-21-15-25(16-21)10-8-19(9-11-25)13-22(28)17-27/h3-7,12,19,21-24,26-28H,2,8-11,13-17H2,1H3/b20-12+/t19?,21?,22-,23-,24+,25?/m0/s1. The van der Waals surface area contributed by atoms with Gasteiger partial charge in [0.1, 0.15) is 0 Å². The van der Waals surface area contributed by atoms with Crippen LogP contribution in [0.15, 0.2) is 35.9 Å². The van der Waals surface area contributed by atoms with Crippen LogP contribution in [0, 0.1) is 17.3 Å². The number of aliphatic hydroxyl groups is 2. The van der Waals surface area contributed by atoms with Crippen LogP contribution in [0.3, 0.4) is 0 Å². The van der Waals surface area contributed by atoms with Crippen molar-refractivity contribution in [3.05, 3.63) is 41.5 Å². The molecule has 154 valence electrons. The highest BCUT2D eigenvalue weighted by molar-refractivity contribution is 5.54. The van der Waals surface area contributed by atoms with Crippen molar-refractivity contribution in [2.45, 2.75) is 82.9 Å². The summed E-state index contributed by atoms with van der Waals surface area (Å²) >= 11 is 0. The predicted molar refractivity (Wildman–Crippen MR) is 115 cm³/mol. The molecule has 3 N–H and O–H groups in total. The fraction of sp³-hybridized carbons (Fsp3) is 0.680. The highest BCUT2D eigenvalue weighted by Crippen LogP contribution is 2.54. The molecule has 0 aliphatic heterocycles. The van der Waals surface area contributed by atoms with Crippen LogP contribution in [0.2, 0.25) is 0 Å². The van der Waals surface area contributed by atoms with Gasteiger partial charge in [0, 0.05) is 12.1 Å². The molecule has 3 heteroatoms. The molecule has 3 atom stereocenters. The van der Waals surface area contributed by atoms with Crippen molar-refractivity contribution in [3.8, 4) is 0 Å². The van der Waals surface area contributed by atoms with Gasteiger partial charge in [0.2, 0.25) is 0 Å². The van der Waals surface area contributed by atoms with E-state index in [1.807, 2.05) is 0 Å². The summed E-state index contributed by atoms with van der Waals surface area (Å²) in [4.78, 5) is 0. The zero-order valence-corrected chi connectivity index (χ0v) is 17.3. The molecule has 3 aliphatic carbocycles. The van der Waals surface area contributed by atoms with E-state index >= 15 is 0 Å². The van der Waals surface area contributed by atoms with Gasteiger partial charge in [0.05, 0.1) is 12.7 Å². The summed E-state index contributed by atoms with van der Waals surface area (Å²) in [5, 5.41) is 22.7. The van der Waals surface area contributed by atoms with Gasteiger partial charge in [0.15, 0.2) is 0 Å². The van der Waals surface area contributed by atoms with E-state index in [-0.39, 0.29) is 6.61 Å². The second-order valence-electron chi connectivity index (χ2n) is 9.72. The zero-order chi connectivity index (χ0) is 19.6. The number of hydrogen-bond donors (Lipinski definition) is 3. The number of benzene rings is 1. The van der Waals surface area contributed by atoms with Crippen molar-refractivity contribution in [1.29, 1.82) is 0 Å². The van der Waals surface area contributed by atoms with Crippen LogP contribution in [-0.4, -0.2) is 35.0 Å². The number of aliphatic hydroxyl groups excluding tert-OH is 2. The Labute approximate surface area is 170 Å². The van der Waals surface area contributed by atoms with Crippen LogP contribution in [0.4, 0.5) is 0 Å². The molecule has 3 nitrogen and oxygen atoms in total. The van der Waals surface area contributed by atoms with Crippen molar-refractivity contribution in [2.75, 3.05) is 6.61 Å². The maximum Gasteiger partial charge on any atom is 0.0773 e. The smallest absolute Gasteiger partial charge is 0.0773 e. The lowest BCUT2D eigenvalue weighted by molar-refractivity contribution is 0.00437. The Kier molecular flexibility index (Phi) is 6.24.